The third kappa shape index (κ3) is 19.9. The fourth-order valence-corrected chi connectivity index (χ4v) is 1.56. The van der Waals surface area contributed by atoms with Gasteiger partial charge in [0.15, 0.2) is 0 Å². The van der Waals surface area contributed by atoms with Gasteiger partial charge < -0.3 is 14.7 Å². The fraction of sp³-hybridized carbons (Fsp3) is 0.933. The van der Waals surface area contributed by atoms with Gasteiger partial charge >= 0.3 is 0 Å². The molecule has 116 valence electrons. The summed E-state index contributed by atoms with van der Waals surface area (Å²) in [6.07, 6.45) is 4.03. The van der Waals surface area contributed by atoms with Crippen molar-refractivity contribution >= 4 is 5.91 Å². The van der Waals surface area contributed by atoms with Crippen LogP contribution in [0, 0.1) is 0 Å². The minimum Gasteiger partial charge on any atom is -0.355 e. The van der Waals surface area contributed by atoms with Crippen LogP contribution in [0.4, 0.5) is 0 Å². The molecule has 0 heterocycles. The standard InChI is InChI=1S/C13H29N3O.C2H6/c1-15(2)11-10-14-13(17)9-7-6-8-12-16(3,4)5;1-2/h6-12H2,1-5H3;1-2H3/p+1. The van der Waals surface area contributed by atoms with Gasteiger partial charge in [-0.1, -0.05) is 13.8 Å². The molecule has 19 heavy (non-hydrogen) atoms. The van der Waals surface area contributed by atoms with Crippen molar-refractivity contribution < 1.29 is 9.28 Å². The van der Waals surface area contributed by atoms with E-state index < -0.39 is 0 Å². The second-order valence-electron chi connectivity index (χ2n) is 5.98. The molecule has 0 aliphatic rings. The number of carbonyl (C=O) groups excluding carboxylic acids is 1. The molecule has 4 heteroatoms. The number of likely N-dealkylation sites (N-methyl/N-ethyl adjacent to an activating group) is 1. The number of nitrogens with one attached hydrogen (secondary N) is 1. The average Bonchev–Trinajstić information content (AvgIpc) is 2.29. The van der Waals surface area contributed by atoms with E-state index in [2.05, 4.69) is 31.4 Å². The second-order valence-corrected chi connectivity index (χ2v) is 5.98. The number of rotatable bonds is 9. The Labute approximate surface area is 120 Å². The van der Waals surface area contributed by atoms with Crippen LogP contribution < -0.4 is 5.32 Å². The summed E-state index contributed by atoms with van der Waals surface area (Å²) in [5.41, 5.74) is 0. The summed E-state index contributed by atoms with van der Waals surface area (Å²) in [4.78, 5) is 13.5. The van der Waals surface area contributed by atoms with Gasteiger partial charge in [-0.25, -0.2) is 0 Å². The Balaban J connectivity index is 0. The summed E-state index contributed by atoms with van der Waals surface area (Å²) < 4.78 is 1.01. The Morgan fingerprint density at radius 1 is 1.05 bits per heavy atom. The fourth-order valence-electron chi connectivity index (χ4n) is 1.56. The highest BCUT2D eigenvalue weighted by atomic mass is 16.1. The number of quaternary nitrogens is 1. The van der Waals surface area contributed by atoms with Crippen LogP contribution in [0.2, 0.25) is 0 Å². The van der Waals surface area contributed by atoms with Crippen LogP contribution in [0.5, 0.6) is 0 Å². The highest BCUT2D eigenvalue weighted by Gasteiger charge is 2.06. The van der Waals surface area contributed by atoms with Crippen molar-refractivity contribution in [1.29, 1.82) is 0 Å². The van der Waals surface area contributed by atoms with Gasteiger partial charge in [0.05, 0.1) is 27.7 Å². The predicted molar refractivity (Wildman–Crippen MR) is 84.3 cm³/mol. The summed E-state index contributed by atoms with van der Waals surface area (Å²) in [6, 6.07) is 0. The molecule has 1 N–H and O–H groups in total. The third-order valence-electron chi connectivity index (χ3n) is 2.61. The van der Waals surface area contributed by atoms with E-state index in [9.17, 15) is 4.79 Å². The summed E-state index contributed by atoms with van der Waals surface area (Å²) in [5, 5.41) is 2.94. The van der Waals surface area contributed by atoms with Crippen molar-refractivity contribution in [1.82, 2.24) is 10.2 Å². The number of hydrogen-bond acceptors (Lipinski definition) is 2. The van der Waals surface area contributed by atoms with E-state index in [1.54, 1.807) is 0 Å². The maximum atomic E-state index is 11.5. The maximum absolute atomic E-state index is 11.5. The Morgan fingerprint density at radius 3 is 2.11 bits per heavy atom. The van der Waals surface area contributed by atoms with Crippen LogP contribution in [-0.2, 0) is 4.79 Å². The molecule has 4 nitrogen and oxygen atoms in total. The van der Waals surface area contributed by atoms with Crippen LogP contribution >= 0.6 is 0 Å². The maximum Gasteiger partial charge on any atom is 0.220 e. The summed E-state index contributed by atoms with van der Waals surface area (Å²) in [5.74, 6) is 0.192. The molecule has 0 spiro atoms. The first-order valence-corrected chi connectivity index (χ1v) is 7.53. The molecule has 0 radical (unpaired) electrons. The van der Waals surface area contributed by atoms with E-state index in [-0.39, 0.29) is 5.91 Å². The molecule has 0 unspecified atom stereocenters. The van der Waals surface area contributed by atoms with Gasteiger partial charge in [-0.15, -0.1) is 0 Å². The van der Waals surface area contributed by atoms with E-state index in [4.69, 9.17) is 0 Å². The minimum atomic E-state index is 0.192. The molecular formula is C15H36N3O+. The van der Waals surface area contributed by atoms with Gasteiger partial charge in [0, 0.05) is 19.5 Å². The monoisotopic (exact) mass is 274 g/mol. The van der Waals surface area contributed by atoms with E-state index in [0.717, 1.165) is 30.4 Å². The Hall–Kier alpha value is -0.610. The molecule has 0 fully saturated rings. The zero-order chi connectivity index (χ0) is 15.3. The highest BCUT2D eigenvalue weighted by Crippen LogP contribution is 2.03. The van der Waals surface area contributed by atoms with E-state index >= 15 is 0 Å². The lowest BCUT2D eigenvalue weighted by molar-refractivity contribution is -0.870. The molecule has 0 aliphatic carbocycles. The van der Waals surface area contributed by atoms with Crippen LogP contribution in [0.15, 0.2) is 0 Å². The first-order chi connectivity index (χ1) is 8.81. The molecule has 0 atom stereocenters. The number of carbonyl (C=O) groups is 1. The van der Waals surface area contributed by atoms with E-state index in [1.165, 1.54) is 13.0 Å². The summed E-state index contributed by atoms with van der Waals surface area (Å²) in [6.45, 7) is 6.85. The Kier molecular flexibility index (Phi) is 13.5. The molecule has 0 aromatic heterocycles. The molecule has 0 aliphatic heterocycles. The molecular weight excluding hydrogens is 238 g/mol. The molecule has 0 saturated carbocycles. The van der Waals surface area contributed by atoms with Crippen molar-refractivity contribution in [2.75, 3.05) is 54.9 Å². The van der Waals surface area contributed by atoms with Crippen molar-refractivity contribution in [3.63, 3.8) is 0 Å². The van der Waals surface area contributed by atoms with Crippen molar-refractivity contribution in [2.45, 2.75) is 39.5 Å². The van der Waals surface area contributed by atoms with E-state index in [0.29, 0.717) is 6.42 Å². The van der Waals surface area contributed by atoms with Gasteiger partial charge in [0.25, 0.3) is 0 Å². The zero-order valence-corrected chi connectivity index (χ0v) is 14.3. The van der Waals surface area contributed by atoms with Gasteiger partial charge in [-0.2, -0.15) is 0 Å². The number of unbranched alkanes of at least 4 members (excludes halogenated alkanes) is 2. The molecule has 0 aromatic carbocycles. The van der Waals surface area contributed by atoms with Crippen LogP contribution in [0.1, 0.15) is 39.5 Å². The SMILES string of the molecule is CC.CN(C)CCNC(=O)CCCCC[N+](C)(C)C. The number of hydrogen-bond donors (Lipinski definition) is 1. The topological polar surface area (TPSA) is 32.3 Å². The lowest BCUT2D eigenvalue weighted by atomic mass is 10.2. The highest BCUT2D eigenvalue weighted by molar-refractivity contribution is 5.75. The quantitative estimate of drug-likeness (QED) is 0.515. The lowest BCUT2D eigenvalue weighted by Crippen LogP contribution is -2.35. The van der Waals surface area contributed by atoms with Crippen LogP contribution in [0.3, 0.4) is 0 Å². The molecule has 1 amide bonds. The van der Waals surface area contributed by atoms with Crippen LogP contribution in [0.25, 0.3) is 0 Å². The Morgan fingerprint density at radius 2 is 1.63 bits per heavy atom. The number of amides is 1. The van der Waals surface area contributed by atoms with Gasteiger partial charge in [-0.3, -0.25) is 4.79 Å². The first-order valence-electron chi connectivity index (χ1n) is 7.53. The zero-order valence-electron chi connectivity index (χ0n) is 14.3. The molecule has 0 bridgehead atoms. The summed E-state index contributed by atoms with van der Waals surface area (Å²) in [7, 11) is 10.6. The lowest BCUT2D eigenvalue weighted by Gasteiger charge is -2.23. The largest absolute Gasteiger partial charge is 0.355 e. The second kappa shape index (κ2) is 12.4. The average molecular weight is 274 g/mol. The minimum absolute atomic E-state index is 0.192. The van der Waals surface area contributed by atoms with Gasteiger partial charge in [-0.05, 0) is 33.4 Å². The summed E-state index contributed by atoms with van der Waals surface area (Å²) >= 11 is 0. The molecule has 0 rings (SSSR count). The van der Waals surface area contributed by atoms with Gasteiger partial charge in [0.2, 0.25) is 5.91 Å². The smallest absolute Gasteiger partial charge is 0.220 e. The Bertz CT molecular complexity index is 210. The normalized spacial score (nSPS) is 10.9. The number of nitrogens with zero attached hydrogens (tertiary/aromatic N) is 2. The van der Waals surface area contributed by atoms with Crippen LogP contribution in [-0.4, -0.2) is 70.2 Å². The molecule has 0 saturated heterocycles. The van der Waals surface area contributed by atoms with Gasteiger partial charge in [0.1, 0.15) is 0 Å². The van der Waals surface area contributed by atoms with Crippen molar-refractivity contribution in [2.24, 2.45) is 0 Å². The van der Waals surface area contributed by atoms with Crippen molar-refractivity contribution in [3.05, 3.63) is 0 Å². The predicted octanol–water partition coefficient (Wildman–Crippen LogP) is 1.96. The first kappa shape index (κ1) is 20.7. The van der Waals surface area contributed by atoms with E-state index in [1.807, 2.05) is 27.9 Å². The molecule has 0 aromatic rings. The third-order valence-corrected chi connectivity index (χ3v) is 2.61. The van der Waals surface area contributed by atoms with Crippen molar-refractivity contribution in [3.8, 4) is 0 Å².